The minimum Gasteiger partial charge on any atom is -0.488 e. The minimum atomic E-state index is -0.0796. The van der Waals surface area contributed by atoms with Crippen LogP contribution in [0.25, 0.3) is 25.1 Å². The van der Waals surface area contributed by atoms with Gasteiger partial charge in [-0.3, -0.25) is 0 Å². The molecule has 6 heteroatoms. The summed E-state index contributed by atoms with van der Waals surface area (Å²) in [4.78, 5) is 1.31. The molecule has 1 aromatic heterocycles. The van der Waals surface area contributed by atoms with Gasteiger partial charge < -0.3 is 9.47 Å². The Balaban J connectivity index is 1.34. The van der Waals surface area contributed by atoms with Gasteiger partial charge in [-0.1, -0.05) is 24.3 Å². The molecule has 0 aliphatic heterocycles. The van der Waals surface area contributed by atoms with Crippen LogP contribution < -0.4 is 9.47 Å². The van der Waals surface area contributed by atoms with Crippen molar-refractivity contribution in [2.45, 2.75) is 13.0 Å². The standard InChI is InChI=1S/C27H20I3O2S/c1-17(16-31-27-23(29)14-18(28)15-24(27)30)32-19-10-12-20(13-11-19)33-25-8-4-2-6-21(25)22-7-3-5-9-26(22)33/h2-15,17H,16H2,1H3/q+1. The highest BCUT2D eigenvalue weighted by molar-refractivity contribution is 14.1. The van der Waals surface area contributed by atoms with Crippen molar-refractivity contribution >= 4 is 98.4 Å². The first-order valence-electron chi connectivity index (χ1n) is 10.5. The van der Waals surface area contributed by atoms with Crippen LogP contribution in [0.5, 0.6) is 11.5 Å². The van der Waals surface area contributed by atoms with Crippen molar-refractivity contribution < 1.29 is 9.47 Å². The Morgan fingerprint density at radius 2 is 1.30 bits per heavy atom. The van der Waals surface area contributed by atoms with E-state index < -0.39 is 0 Å². The van der Waals surface area contributed by atoms with Crippen molar-refractivity contribution in [1.29, 1.82) is 0 Å². The lowest BCUT2D eigenvalue weighted by atomic mass is 10.2. The van der Waals surface area contributed by atoms with Gasteiger partial charge in [0.25, 0.3) is 0 Å². The Labute approximate surface area is 237 Å². The van der Waals surface area contributed by atoms with E-state index in [1.54, 1.807) is 0 Å². The molecule has 4 aromatic carbocycles. The van der Waals surface area contributed by atoms with Crippen molar-refractivity contribution in [2.75, 3.05) is 6.61 Å². The Morgan fingerprint density at radius 1 is 0.758 bits per heavy atom. The third kappa shape index (κ3) is 4.99. The van der Waals surface area contributed by atoms with E-state index in [4.69, 9.17) is 9.47 Å². The highest BCUT2D eigenvalue weighted by Gasteiger charge is 2.23. The lowest BCUT2D eigenvalue weighted by molar-refractivity contribution is 0.142. The molecule has 1 unspecified atom stereocenters. The lowest BCUT2D eigenvalue weighted by Gasteiger charge is -2.17. The zero-order chi connectivity index (χ0) is 22.9. The number of hydrogen-bond acceptors (Lipinski definition) is 2. The van der Waals surface area contributed by atoms with E-state index >= 15 is 0 Å². The largest absolute Gasteiger partial charge is 0.488 e. The summed E-state index contributed by atoms with van der Waals surface area (Å²) in [5.74, 6) is 1.80. The van der Waals surface area contributed by atoms with E-state index in [0.717, 1.165) is 18.6 Å². The minimum absolute atomic E-state index is 0.0582. The predicted octanol–water partition coefficient (Wildman–Crippen LogP) is 9.39. The van der Waals surface area contributed by atoms with Crippen molar-refractivity contribution in [3.8, 4) is 16.4 Å². The molecule has 0 aliphatic rings. The topological polar surface area (TPSA) is 18.5 Å². The molecule has 0 fully saturated rings. The first-order chi connectivity index (χ1) is 16.0. The molecule has 0 saturated carbocycles. The van der Waals surface area contributed by atoms with Crippen LogP contribution in [0.1, 0.15) is 6.92 Å². The summed E-state index contributed by atoms with van der Waals surface area (Å²) in [5, 5.41) is 2.70. The Kier molecular flexibility index (Phi) is 7.34. The van der Waals surface area contributed by atoms with Crippen LogP contribution >= 0.6 is 78.2 Å². The summed E-state index contributed by atoms with van der Waals surface area (Å²) < 4.78 is 18.5. The third-order valence-electron chi connectivity index (χ3n) is 5.33. The summed E-state index contributed by atoms with van der Waals surface area (Å²) in [6, 6.07) is 30.3. The van der Waals surface area contributed by atoms with Gasteiger partial charge >= 0.3 is 0 Å². The molecule has 0 N–H and O–H groups in total. The van der Waals surface area contributed by atoms with E-state index in [2.05, 4.69) is 153 Å². The molecule has 5 aromatic rings. The molecule has 5 rings (SSSR count). The van der Waals surface area contributed by atoms with Crippen LogP contribution in [-0.2, 0) is 0 Å². The maximum absolute atomic E-state index is 6.17. The van der Waals surface area contributed by atoms with E-state index in [1.807, 2.05) is 6.92 Å². The molecule has 0 aliphatic carbocycles. The molecule has 0 bridgehead atoms. The number of rotatable bonds is 6. The van der Waals surface area contributed by atoms with Crippen LogP contribution in [-0.4, -0.2) is 12.7 Å². The fourth-order valence-corrected chi connectivity index (χ4v) is 10.2. The van der Waals surface area contributed by atoms with Crippen molar-refractivity contribution in [3.63, 3.8) is 0 Å². The number of benzene rings is 4. The number of hydrogen-bond donors (Lipinski definition) is 0. The highest BCUT2D eigenvalue weighted by Crippen LogP contribution is 2.48. The molecule has 1 atom stereocenters. The maximum atomic E-state index is 6.17. The van der Waals surface area contributed by atoms with Crippen molar-refractivity contribution in [1.82, 2.24) is 0 Å². The average molecular weight is 789 g/mol. The second-order valence-electron chi connectivity index (χ2n) is 7.71. The van der Waals surface area contributed by atoms with Crippen LogP contribution in [0.15, 0.2) is 84.9 Å². The number of fused-ring (bicyclic) bond motifs is 3. The van der Waals surface area contributed by atoms with Gasteiger partial charge in [-0.25, -0.2) is 0 Å². The summed E-state index contributed by atoms with van der Waals surface area (Å²) >= 11 is 6.99. The van der Waals surface area contributed by atoms with E-state index in [-0.39, 0.29) is 16.6 Å². The molecule has 0 spiro atoms. The predicted molar refractivity (Wildman–Crippen MR) is 165 cm³/mol. The summed E-state index contributed by atoms with van der Waals surface area (Å²) in [6.45, 7) is 2.55. The lowest BCUT2D eigenvalue weighted by Crippen LogP contribution is -2.21. The van der Waals surface area contributed by atoms with Crippen molar-refractivity contribution in [3.05, 3.63) is 95.6 Å². The Hall–Kier alpha value is -1.11. The molecule has 166 valence electrons. The van der Waals surface area contributed by atoms with E-state index in [9.17, 15) is 0 Å². The maximum Gasteiger partial charge on any atom is 0.187 e. The quantitative estimate of drug-likeness (QED) is 0.126. The van der Waals surface area contributed by atoms with E-state index in [1.165, 1.54) is 28.6 Å². The number of ether oxygens (including phenoxy) is 2. The summed E-state index contributed by atoms with van der Waals surface area (Å²) in [5.41, 5.74) is 0. The number of thiophene rings is 1. The fraction of sp³-hybridized carbons (Fsp3) is 0.111. The van der Waals surface area contributed by atoms with Crippen LogP contribution in [0.3, 0.4) is 0 Å². The smallest absolute Gasteiger partial charge is 0.187 e. The molecule has 0 amide bonds. The fourth-order valence-electron chi connectivity index (χ4n) is 3.89. The van der Waals surface area contributed by atoms with Gasteiger partial charge in [0.2, 0.25) is 0 Å². The zero-order valence-electron chi connectivity index (χ0n) is 17.7. The van der Waals surface area contributed by atoms with Gasteiger partial charge in [0, 0.05) is 36.9 Å². The number of halogens is 3. The van der Waals surface area contributed by atoms with Gasteiger partial charge in [-0.2, -0.15) is 0 Å². The molecular weight excluding hydrogens is 769 g/mol. The van der Waals surface area contributed by atoms with Gasteiger partial charge in [-0.15, -0.1) is 0 Å². The monoisotopic (exact) mass is 789 g/mol. The molecule has 1 heterocycles. The van der Waals surface area contributed by atoms with Gasteiger partial charge in [0.15, 0.2) is 14.3 Å². The van der Waals surface area contributed by atoms with Gasteiger partial charge in [0.1, 0.15) is 24.2 Å². The zero-order valence-corrected chi connectivity index (χ0v) is 25.0. The second kappa shape index (κ2) is 10.2. The summed E-state index contributed by atoms with van der Waals surface area (Å²) in [7, 11) is -0.0796. The molecular formula is C27H20I3O2S+. The third-order valence-corrected chi connectivity index (χ3v) is 9.89. The van der Waals surface area contributed by atoms with E-state index in [0.29, 0.717) is 6.61 Å². The Morgan fingerprint density at radius 3 is 1.88 bits per heavy atom. The SMILES string of the molecule is CC(COc1c(I)cc(I)cc1I)Oc1ccc(-[s+]2c3ccccc3c3ccccc32)cc1. The summed E-state index contributed by atoms with van der Waals surface area (Å²) in [6.07, 6.45) is -0.0582. The van der Waals surface area contributed by atoms with Gasteiger partial charge in [-0.05, 0) is 123 Å². The second-order valence-corrected chi connectivity index (χ2v) is 13.2. The molecule has 0 radical (unpaired) electrons. The molecule has 33 heavy (non-hydrogen) atoms. The Bertz CT molecular complexity index is 1370. The van der Waals surface area contributed by atoms with Crippen LogP contribution in [0, 0.1) is 10.7 Å². The van der Waals surface area contributed by atoms with Gasteiger partial charge in [0.05, 0.1) is 7.14 Å². The first kappa shape index (κ1) is 23.6. The average Bonchev–Trinajstić information content (AvgIpc) is 3.13. The van der Waals surface area contributed by atoms with Crippen LogP contribution in [0.4, 0.5) is 0 Å². The van der Waals surface area contributed by atoms with Crippen LogP contribution in [0.2, 0.25) is 0 Å². The van der Waals surface area contributed by atoms with Crippen molar-refractivity contribution in [2.24, 2.45) is 0 Å². The normalized spacial score (nSPS) is 12.2. The highest BCUT2D eigenvalue weighted by atomic mass is 127. The molecule has 2 nitrogen and oxygen atoms in total. The first-order valence-corrected chi connectivity index (χ1v) is 14.9. The molecule has 0 saturated heterocycles.